The maximum absolute atomic E-state index is 4.26. The van der Waals surface area contributed by atoms with Crippen molar-refractivity contribution in [3.05, 3.63) is 12.2 Å². The second-order valence-electron chi connectivity index (χ2n) is 5.67. The molecule has 3 aliphatic rings. The standard InChI is InChI=1S/C12H18/c1-5-11-7-12(11)9(6-8(11)2)10(12,3)4/h9H,2,5-7H2,1,3-4H3. The lowest BCUT2D eigenvalue weighted by molar-refractivity contribution is 0.419. The molecule has 0 aromatic heterocycles. The van der Waals surface area contributed by atoms with E-state index in [-0.39, 0.29) is 0 Å². The van der Waals surface area contributed by atoms with E-state index in [9.17, 15) is 0 Å². The van der Waals surface area contributed by atoms with Crippen LogP contribution in [0.15, 0.2) is 12.2 Å². The molecule has 0 radical (unpaired) electrons. The smallest absolute Gasteiger partial charge is 0.00225 e. The molecule has 12 heavy (non-hydrogen) atoms. The third-order valence-electron chi connectivity index (χ3n) is 5.57. The van der Waals surface area contributed by atoms with Crippen molar-refractivity contribution in [1.29, 1.82) is 0 Å². The van der Waals surface area contributed by atoms with Gasteiger partial charge in [0, 0.05) is 0 Å². The summed E-state index contributed by atoms with van der Waals surface area (Å²) in [7, 11) is 0. The van der Waals surface area contributed by atoms with Crippen molar-refractivity contribution in [1.82, 2.24) is 0 Å². The highest BCUT2D eigenvalue weighted by atomic mass is 15.0. The zero-order chi connectivity index (χ0) is 8.78. The zero-order valence-electron chi connectivity index (χ0n) is 8.41. The van der Waals surface area contributed by atoms with Gasteiger partial charge >= 0.3 is 0 Å². The molecular weight excluding hydrogens is 144 g/mol. The summed E-state index contributed by atoms with van der Waals surface area (Å²) in [4.78, 5) is 0. The van der Waals surface area contributed by atoms with E-state index in [1.54, 1.807) is 5.57 Å². The normalized spacial score (nSPS) is 57.9. The number of allylic oxidation sites excluding steroid dienone is 1. The van der Waals surface area contributed by atoms with Crippen LogP contribution in [-0.2, 0) is 0 Å². The summed E-state index contributed by atoms with van der Waals surface area (Å²) >= 11 is 0. The van der Waals surface area contributed by atoms with Crippen molar-refractivity contribution in [3.8, 4) is 0 Å². The molecule has 3 unspecified atom stereocenters. The molecule has 3 aliphatic carbocycles. The molecule has 0 N–H and O–H groups in total. The first-order valence-corrected chi connectivity index (χ1v) is 5.21. The summed E-state index contributed by atoms with van der Waals surface area (Å²) in [5, 5.41) is 0. The fraction of sp³-hybridized carbons (Fsp3) is 0.833. The Balaban J connectivity index is 2.07. The van der Waals surface area contributed by atoms with Gasteiger partial charge in [-0.1, -0.05) is 32.9 Å². The van der Waals surface area contributed by atoms with Crippen LogP contribution in [0.5, 0.6) is 0 Å². The van der Waals surface area contributed by atoms with Crippen LogP contribution in [0.4, 0.5) is 0 Å². The predicted molar refractivity (Wildman–Crippen MR) is 50.8 cm³/mol. The highest BCUT2D eigenvalue weighted by Gasteiger charge is 2.92. The van der Waals surface area contributed by atoms with E-state index in [4.69, 9.17) is 0 Å². The second kappa shape index (κ2) is 1.42. The van der Waals surface area contributed by atoms with Crippen molar-refractivity contribution < 1.29 is 0 Å². The van der Waals surface area contributed by atoms with Crippen molar-refractivity contribution in [3.63, 3.8) is 0 Å². The molecule has 0 aromatic carbocycles. The largest absolute Gasteiger partial charge is 0.0993 e. The Bertz CT molecular complexity index is 286. The van der Waals surface area contributed by atoms with Gasteiger partial charge in [-0.2, -0.15) is 0 Å². The van der Waals surface area contributed by atoms with Crippen LogP contribution in [0.25, 0.3) is 0 Å². The van der Waals surface area contributed by atoms with E-state index in [1.165, 1.54) is 19.3 Å². The lowest BCUT2D eigenvalue weighted by atomic mass is 9.86. The quantitative estimate of drug-likeness (QED) is 0.518. The average Bonchev–Trinajstić information content (AvgIpc) is 2.78. The highest BCUT2D eigenvalue weighted by Crippen LogP contribution is 2.98. The summed E-state index contributed by atoms with van der Waals surface area (Å²) < 4.78 is 0. The molecule has 3 fully saturated rings. The maximum Gasteiger partial charge on any atom is -0.00225 e. The van der Waals surface area contributed by atoms with Gasteiger partial charge in [-0.05, 0) is 41.4 Å². The first-order valence-electron chi connectivity index (χ1n) is 5.21. The third kappa shape index (κ3) is 0.372. The molecule has 0 aromatic rings. The lowest BCUT2D eigenvalue weighted by Crippen LogP contribution is -2.08. The van der Waals surface area contributed by atoms with E-state index in [0.29, 0.717) is 10.8 Å². The van der Waals surface area contributed by atoms with Crippen LogP contribution >= 0.6 is 0 Å². The highest BCUT2D eigenvalue weighted by molar-refractivity contribution is 5.49. The molecule has 0 amide bonds. The van der Waals surface area contributed by atoms with Crippen LogP contribution in [0.2, 0.25) is 0 Å². The molecule has 66 valence electrons. The van der Waals surface area contributed by atoms with Crippen molar-refractivity contribution >= 4 is 0 Å². The molecule has 3 saturated carbocycles. The van der Waals surface area contributed by atoms with Gasteiger partial charge in [0.15, 0.2) is 0 Å². The Hall–Kier alpha value is -0.260. The summed E-state index contributed by atoms with van der Waals surface area (Å²) in [6.45, 7) is 11.5. The summed E-state index contributed by atoms with van der Waals surface area (Å²) in [6, 6.07) is 0. The SMILES string of the molecule is C=C1CC2C(C)(C)C23CC13CC. The van der Waals surface area contributed by atoms with E-state index in [0.717, 1.165) is 11.3 Å². The summed E-state index contributed by atoms with van der Waals surface area (Å²) in [5.41, 5.74) is 3.59. The van der Waals surface area contributed by atoms with Crippen LogP contribution in [-0.4, -0.2) is 0 Å². The lowest BCUT2D eigenvalue weighted by Gasteiger charge is -2.18. The van der Waals surface area contributed by atoms with Crippen LogP contribution in [0.3, 0.4) is 0 Å². The number of hydrogen-bond donors (Lipinski definition) is 0. The minimum atomic E-state index is 0.612. The molecule has 0 heteroatoms. The van der Waals surface area contributed by atoms with Crippen LogP contribution in [0.1, 0.15) is 40.0 Å². The molecule has 0 aliphatic heterocycles. The van der Waals surface area contributed by atoms with Crippen LogP contribution in [0, 0.1) is 22.2 Å². The van der Waals surface area contributed by atoms with Gasteiger partial charge in [0.25, 0.3) is 0 Å². The van der Waals surface area contributed by atoms with Gasteiger partial charge in [-0.3, -0.25) is 0 Å². The Morgan fingerprint density at radius 3 is 2.50 bits per heavy atom. The summed E-state index contributed by atoms with van der Waals surface area (Å²) in [6.07, 6.45) is 4.14. The molecule has 0 bridgehead atoms. The van der Waals surface area contributed by atoms with Gasteiger partial charge in [0.1, 0.15) is 0 Å². The zero-order valence-corrected chi connectivity index (χ0v) is 8.41. The van der Waals surface area contributed by atoms with E-state index >= 15 is 0 Å². The molecule has 3 atom stereocenters. The van der Waals surface area contributed by atoms with Gasteiger partial charge in [-0.15, -0.1) is 0 Å². The number of rotatable bonds is 1. The Morgan fingerprint density at radius 1 is 1.50 bits per heavy atom. The molecule has 0 nitrogen and oxygen atoms in total. The second-order valence-corrected chi connectivity index (χ2v) is 5.67. The van der Waals surface area contributed by atoms with Crippen molar-refractivity contribution in [2.75, 3.05) is 0 Å². The van der Waals surface area contributed by atoms with Crippen LogP contribution < -0.4 is 0 Å². The van der Waals surface area contributed by atoms with Gasteiger partial charge in [0.05, 0.1) is 0 Å². The molecule has 0 heterocycles. The van der Waals surface area contributed by atoms with Gasteiger partial charge < -0.3 is 0 Å². The first kappa shape index (κ1) is 7.17. The topological polar surface area (TPSA) is 0 Å². The molecule has 0 saturated heterocycles. The maximum atomic E-state index is 4.26. The van der Waals surface area contributed by atoms with E-state index in [1.807, 2.05) is 0 Å². The Morgan fingerprint density at radius 2 is 2.17 bits per heavy atom. The fourth-order valence-corrected chi connectivity index (χ4v) is 4.70. The van der Waals surface area contributed by atoms with E-state index < -0.39 is 0 Å². The van der Waals surface area contributed by atoms with Gasteiger partial charge in [0.2, 0.25) is 0 Å². The van der Waals surface area contributed by atoms with Gasteiger partial charge in [-0.25, -0.2) is 0 Å². The fourth-order valence-electron chi connectivity index (χ4n) is 4.70. The number of hydrogen-bond acceptors (Lipinski definition) is 0. The molecule has 1 spiro atoms. The third-order valence-corrected chi connectivity index (χ3v) is 5.57. The van der Waals surface area contributed by atoms with Crippen molar-refractivity contribution in [2.45, 2.75) is 40.0 Å². The molecule has 3 rings (SSSR count). The first-order chi connectivity index (χ1) is 5.53. The van der Waals surface area contributed by atoms with Crippen molar-refractivity contribution in [2.24, 2.45) is 22.2 Å². The average molecular weight is 162 g/mol. The Labute approximate surface area is 75.0 Å². The predicted octanol–water partition coefficient (Wildman–Crippen LogP) is 3.39. The minimum Gasteiger partial charge on any atom is -0.0993 e. The summed E-state index contributed by atoms with van der Waals surface area (Å²) in [5.74, 6) is 0.998. The molecular formula is C12H18. The Kier molecular flexibility index (Phi) is 0.852. The minimum absolute atomic E-state index is 0.612. The van der Waals surface area contributed by atoms with E-state index in [2.05, 4.69) is 27.4 Å². The monoisotopic (exact) mass is 162 g/mol.